The van der Waals surface area contributed by atoms with Crippen LogP contribution in [0.5, 0.6) is 5.75 Å². The molecule has 0 spiro atoms. The van der Waals surface area contributed by atoms with Gasteiger partial charge in [-0.2, -0.15) is 23.7 Å². The molecule has 0 aliphatic heterocycles. The van der Waals surface area contributed by atoms with Crippen molar-refractivity contribution in [2.75, 3.05) is 11.1 Å². The summed E-state index contributed by atoms with van der Waals surface area (Å²) >= 11 is 6.03. The van der Waals surface area contributed by atoms with Gasteiger partial charge in [-0.05, 0) is 49.4 Å². The summed E-state index contributed by atoms with van der Waals surface area (Å²) in [5.74, 6) is 1.16. The van der Waals surface area contributed by atoms with E-state index in [1.165, 1.54) is 12.1 Å². The number of rotatable bonds is 5. The molecule has 4 rings (SSSR count). The summed E-state index contributed by atoms with van der Waals surface area (Å²) in [4.78, 5) is 17.1. The highest BCUT2D eigenvalue weighted by atomic mass is 35.5. The normalized spacial score (nSPS) is 11.2. The van der Waals surface area contributed by atoms with Crippen molar-refractivity contribution in [2.24, 2.45) is 0 Å². The average molecular weight is 418 g/mol. The second-order valence-electron chi connectivity index (χ2n) is 5.97. The predicted octanol–water partition coefficient (Wildman–Crippen LogP) is 4.10. The quantitative estimate of drug-likeness (QED) is 0.503. The molecule has 148 valence electrons. The van der Waals surface area contributed by atoms with Crippen molar-refractivity contribution in [1.29, 1.82) is 0 Å². The molecule has 0 aliphatic rings. The van der Waals surface area contributed by atoms with Gasteiger partial charge in [-0.15, -0.1) is 0 Å². The van der Waals surface area contributed by atoms with Crippen LogP contribution in [-0.2, 0) is 0 Å². The minimum Gasteiger partial charge on any atom is -0.435 e. The molecule has 0 bridgehead atoms. The Morgan fingerprint density at radius 3 is 2.55 bits per heavy atom. The number of hydrogen-bond acceptors (Lipinski definition) is 7. The first-order chi connectivity index (χ1) is 13.9. The molecule has 2 aromatic carbocycles. The summed E-state index contributed by atoms with van der Waals surface area (Å²) in [6.45, 7) is -1.08. The third-order valence-corrected chi connectivity index (χ3v) is 4.20. The first-order valence-corrected chi connectivity index (χ1v) is 8.75. The number of nitrogens with two attached hydrogens (primary N) is 1. The van der Waals surface area contributed by atoms with E-state index in [1.54, 1.807) is 28.8 Å². The molecule has 29 heavy (non-hydrogen) atoms. The Bertz CT molecular complexity index is 1180. The molecular weight excluding hydrogens is 404 g/mol. The number of anilines is 3. The Labute approximate surface area is 168 Å². The second-order valence-corrected chi connectivity index (χ2v) is 6.41. The summed E-state index contributed by atoms with van der Waals surface area (Å²) in [5, 5.41) is 3.53. The van der Waals surface area contributed by atoms with Crippen molar-refractivity contribution in [3.63, 3.8) is 0 Å². The third-order valence-electron chi connectivity index (χ3n) is 3.96. The molecule has 0 unspecified atom stereocenters. The molecule has 2 aromatic heterocycles. The minimum absolute atomic E-state index is 0.00497. The Balaban J connectivity index is 1.68. The zero-order chi connectivity index (χ0) is 20.5. The zero-order valence-corrected chi connectivity index (χ0v) is 15.7. The molecule has 4 aromatic rings. The summed E-state index contributed by atoms with van der Waals surface area (Å²) < 4.78 is 30.6. The van der Waals surface area contributed by atoms with E-state index in [2.05, 4.69) is 30.0 Å². The molecule has 0 saturated heterocycles. The summed E-state index contributed by atoms with van der Waals surface area (Å²) in [5.41, 5.74) is 7.87. The number of nitrogens with one attached hydrogen (secondary N) is 1. The topological polar surface area (TPSA) is 104 Å². The van der Waals surface area contributed by atoms with E-state index in [1.807, 2.05) is 13.0 Å². The van der Waals surface area contributed by atoms with Crippen molar-refractivity contribution in [3.05, 3.63) is 53.3 Å². The number of imidazole rings is 1. The first-order valence-electron chi connectivity index (χ1n) is 8.37. The molecule has 0 amide bonds. The van der Waals surface area contributed by atoms with Crippen LogP contribution in [0.15, 0.2) is 42.5 Å². The fourth-order valence-corrected chi connectivity index (χ4v) is 2.98. The standard InChI is InChI=1S/C18H14ClF2N7O/c1-9-23-13-8-10(19)2-7-14(13)28(9)18-26-16(22)25-17(27-18)24-11-3-5-12(6-4-11)29-15(20)21/h2-8,15H,1H3,(H3,22,24,25,26,27). The van der Waals surface area contributed by atoms with Crippen LogP contribution in [0.1, 0.15) is 5.82 Å². The van der Waals surface area contributed by atoms with Gasteiger partial charge in [0, 0.05) is 10.7 Å². The van der Waals surface area contributed by atoms with Crippen LogP contribution in [-0.4, -0.2) is 31.1 Å². The van der Waals surface area contributed by atoms with Crippen LogP contribution in [0, 0.1) is 6.92 Å². The minimum atomic E-state index is -2.89. The largest absolute Gasteiger partial charge is 0.435 e. The van der Waals surface area contributed by atoms with E-state index in [0.717, 1.165) is 5.52 Å². The van der Waals surface area contributed by atoms with E-state index in [0.29, 0.717) is 22.1 Å². The van der Waals surface area contributed by atoms with Gasteiger partial charge in [0.25, 0.3) is 0 Å². The number of aromatic nitrogens is 5. The number of nitrogen functional groups attached to an aromatic ring is 1. The number of ether oxygens (including phenoxy) is 1. The van der Waals surface area contributed by atoms with Gasteiger partial charge >= 0.3 is 6.61 Å². The molecule has 2 heterocycles. The van der Waals surface area contributed by atoms with Crippen LogP contribution in [0.25, 0.3) is 17.0 Å². The van der Waals surface area contributed by atoms with Gasteiger partial charge in [0.1, 0.15) is 11.6 Å². The van der Waals surface area contributed by atoms with Crippen molar-refractivity contribution in [1.82, 2.24) is 24.5 Å². The highest BCUT2D eigenvalue weighted by Gasteiger charge is 2.14. The predicted molar refractivity (Wildman–Crippen MR) is 105 cm³/mol. The maximum atomic E-state index is 12.3. The number of fused-ring (bicyclic) bond motifs is 1. The number of aryl methyl sites for hydroxylation is 1. The van der Waals surface area contributed by atoms with Crippen LogP contribution in [0.3, 0.4) is 0 Å². The Kier molecular flexibility index (Phi) is 4.85. The highest BCUT2D eigenvalue weighted by molar-refractivity contribution is 6.31. The molecule has 0 saturated carbocycles. The van der Waals surface area contributed by atoms with Gasteiger partial charge in [-0.25, -0.2) is 4.98 Å². The van der Waals surface area contributed by atoms with Gasteiger partial charge < -0.3 is 15.8 Å². The monoisotopic (exact) mass is 417 g/mol. The molecule has 3 N–H and O–H groups in total. The van der Waals surface area contributed by atoms with Gasteiger partial charge in [0.05, 0.1) is 11.0 Å². The Hall–Kier alpha value is -3.53. The van der Waals surface area contributed by atoms with E-state index in [4.69, 9.17) is 17.3 Å². The number of hydrogen-bond donors (Lipinski definition) is 2. The van der Waals surface area contributed by atoms with Gasteiger partial charge in [-0.1, -0.05) is 11.6 Å². The first kappa shape index (κ1) is 18.8. The lowest BCUT2D eigenvalue weighted by atomic mass is 10.3. The second kappa shape index (κ2) is 7.47. The van der Waals surface area contributed by atoms with Gasteiger partial charge in [0.15, 0.2) is 0 Å². The molecule has 0 radical (unpaired) electrons. The van der Waals surface area contributed by atoms with Crippen molar-refractivity contribution < 1.29 is 13.5 Å². The Morgan fingerprint density at radius 2 is 1.83 bits per heavy atom. The lowest BCUT2D eigenvalue weighted by Gasteiger charge is -2.10. The van der Waals surface area contributed by atoms with E-state index < -0.39 is 6.61 Å². The molecule has 0 atom stereocenters. The van der Waals surface area contributed by atoms with Crippen LogP contribution < -0.4 is 15.8 Å². The number of alkyl halides is 2. The van der Waals surface area contributed by atoms with Crippen molar-refractivity contribution >= 4 is 40.2 Å². The number of halogens is 3. The third kappa shape index (κ3) is 4.02. The molecular formula is C18H14ClF2N7O. The van der Waals surface area contributed by atoms with Crippen LogP contribution in [0.2, 0.25) is 5.02 Å². The summed E-state index contributed by atoms with van der Waals surface area (Å²) in [7, 11) is 0. The van der Waals surface area contributed by atoms with E-state index in [9.17, 15) is 8.78 Å². The summed E-state index contributed by atoms with van der Waals surface area (Å²) in [6, 6.07) is 11.2. The van der Waals surface area contributed by atoms with E-state index >= 15 is 0 Å². The molecule has 0 fully saturated rings. The Morgan fingerprint density at radius 1 is 1.07 bits per heavy atom. The maximum absolute atomic E-state index is 12.3. The lowest BCUT2D eigenvalue weighted by Crippen LogP contribution is -2.10. The van der Waals surface area contributed by atoms with Gasteiger partial charge in [-0.3, -0.25) is 4.57 Å². The van der Waals surface area contributed by atoms with E-state index in [-0.39, 0.29) is 23.6 Å². The molecule has 11 heteroatoms. The fraction of sp³-hybridized carbons (Fsp3) is 0.111. The highest BCUT2D eigenvalue weighted by Crippen LogP contribution is 2.24. The lowest BCUT2D eigenvalue weighted by molar-refractivity contribution is -0.0498. The average Bonchev–Trinajstić information content (AvgIpc) is 2.97. The SMILES string of the molecule is Cc1nc2cc(Cl)ccc2n1-c1nc(N)nc(Nc2ccc(OC(F)F)cc2)n1. The molecule has 8 nitrogen and oxygen atoms in total. The van der Waals surface area contributed by atoms with Crippen LogP contribution in [0.4, 0.5) is 26.4 Å². The zero-order valence-electron chi connectivity index (χ0n) is 15.0. The fourth-order valence-electron chi connectivity index (χ4n) is 2.81. The van der Waals surface area contributed by atoms with Crippen LogP contribution >= 0.6 is 11.6 Å². The maximum Gasteiger partial charge on any atom is 0.387 e. The summed E-state index contributed by atoms with van der Waals surface area (Å²) in [6.07, 6.45) is 0. The molecule has 0 aliphatic carbocycles. The van der Waals surface area contributed by atoms with Gasteiger partial charge in [0.2, 0.25) is 17.8 Å². The smallest absolute Gasteiger partial charge is 0.387 e. The number of nitrogens with zero attached hydrogens (tertiary/aromatic N) is 5. The van der Waals surface area contributed by atoms with Crippen molar-refractivity contribution in [3.8, 4) is 11.7 Å². The van der Waals surface area contributed by atoms with Crippen molar-refractivity contribution in [2.45, 2.75) is 13.5 Å². The number of benzene rings is 2.